The highest BCUT2D eigenvalue weighted by Gasteiger charge is 2.31. The predicted octanol–water partition coefficient (Wildman–Crippen LogP) is 44.1. The van der Waals surface area contributed by atoms with Gasteiger partial charge in [-0.25, -0.2) is 17.6 Å². The summed E-state index contributed by atoms with van der Waals surface area (Å²) in [4.78, 5) is 7.49. The fourth-order valence-electron chi connectivity index (χ4n) is 20.8. The summed E-state index contributed by atoms with van der Waals surface area (Å²) in [5.74, 6) is 0.505. The zero-order chi connectivity index (χ0) is 93.0. The maximum Gasteiger partial charge on any atom is 0.143 e. The molecule has 0 amide bonds. The molecule has 0 radical (unpaired) electrons. The molecule has 0 spiro atoms. The van der Waals surface area contributed by atoms with Crippen molar-refractivity contribution >= 4 is 114 Å². The Morgan fingerprint density at radius 2 is 0.447 bits per heavy atom. The standard InChI is InChI=1S/C116H174F4N4S8/c1-9-17-25-33-41-45-53-59-67-87(65-57-49-37-29-21-13-5)73-91-77-101(125-85-91)95-81-97(117)107(111-109(95)121-131-123-111)103-79-93(75-89(69-61-51-39-31-23-15-7)71-63-55-47-43-35-27-19-11-3)113(127-103)105-83-99(119)115(129-105)116-100(120)84-106(130-116)114-94(76-90(70-62-52-40-32-24-16-8)72-64-56-48-44-36-28-20-12-4)80-104(128-114)108-98(118)82-96(110-112(108)124-132-122-110)102-78-92(86-126-102)74-88(66-58-50-38-30-22-14-6)68-60-54-46-42-34-26-18-10-2/h77-90H,9-76H2,1-8H3. The Bertz CT molecular complexity index is 4400. The molecule has 0 aliphatic carbocycles. The second-order valence-electron chi connectivity index (χ2n) is 40.2. The van der Waals surface area contributed by atoms with Crippen molar-refractivity contribution < 1.29 is 17.6 Å². The number of nitrogens with zero attached hydrogens (tertiary/aromatic N) is 4. The Labute approximate surface area is 833 Å². The summed E-state index contributed by atoms with van der Waals surface area (Å²) in [6.45, 7) is 18.4. The van der Waals surface area contributed by atoms with Gasteiger partial charge in [0.1, 0.15) is 45.3 Å². The highest BCUT2D eigenvalue weighted by atomic mass is 32.1. The molecule has 2 aromatic carbocycles. The fourth-order valence-corrected chi connectivity index (χ4v) is 28.8. The number of rotatable bonds is 79. The van der Waals surface area contributed by atoms with Crippen molar-refractivity contribution in [3.05, 3.63) is 105 Å². The first-order valence-electron chi connectivity index (χ1n) is 54.8. The summed E-state index contributed by atoms with van der Waals surface area (Å²) in [6, 6.07) is 15.9. The molecule has 10 aromatic rings. The average molecular weight is 1960 g/mol. The maximum absolute atomic E-state index is 18.1. The first kappa shape index (κ1) is 110. The average Bonchev–Trinajstić information content (AvgIpc) is 1.60. The summed E-state index contributed by atoms with van der Waals surface area (Å²) in [6.07, 6.45) is 85.0. The van der Waals surface area contributed by atoms with Crippen molar-refractivity contribution in [1.29, 1.82) is 0 Å². The number of benzene rings is 2. The molecule has 8 heterocycles. The van der Waals surface area contributed by atoms with Crippen LogP contribution in [0.1, 0.15) is 489 Å². The van der Waals surface area contributed by atoms with E-state index >= 15 is 17.6 Å². The van der Waals surface area contributed by atoms with Crippen LogP contribution in [-0.4, -0.2) is 17.5 Å². The first-order chi connectivity index (χ1) is 64.9. The Kier molecular flexibility index (Phi) is 54.2. The van der Waals surface area contributed by atoms with Crippen molar-refractivity contribution in [2.45, 2.75) is 492 Å². The van der Waals surface area contributed by atoms with Crippen LogP contribution in [0, 0.1) is 46.9 Å². The van der Waals surface area contributed by atoms with Gasteiger partial charge in [-0.3, -0.25) is 0 Å². The molecule has 16 heteroatoms. The molecule has 8 aromatic heterocycles. The number of hydrogen-bond donors (Lipinski definition) is 0. The van der Waals surface area contributed by atoms with Crippen LogP contribution < -0.4 is 0 Å². The van der Waals surface area contributed by atoms with E-state index in [0.29, 0.717) is 45.8 Å². The van der Waals surface area contributed by atoms with Crippen molar-refractivity contribution in [2.24, 2.45) is 23.7 Å². The topological polar surface area (TPSA) is 51.6 Å². The normalized spacial score (nSPS) is 13.0. The van der Waals surface area contributed by atoms with Crippen LogP contribution in [0.3, 0.4) is 0 Å². The quantitative estimate of drug-likeness (QED) is 0.0282. The third-order valence-electron chi connectivity index (χ3n) is 28.8. The van der Waals surface area contributed by atoms with Gasteiger partial charge in [0.2, 0.25) is 0 Å². The highest BCUT2D eigenvalue weighted by molar-refractivity contribution is 7.29. The molecular weight excluding hydrogens is 1780 g/mol. The molecule has 4 unspecified atom stereocenters. The molecule has 734 valence electrons. The van der Waals surface area contributed by atoms with Gasteiger partial charge in [-0.1, -0.05) is 466 Å². The first-order valence-corrected chi connectivity index (χ1v) is 61.3. The number of halogens is 4. The lowest BCUT2D eigenvalue weighted by Crippen LogP contribution is -2.05. The van der Waals surface area contributed by atoms with Gasteiger partial charge in [-0.2, -0.15) is 17.5 Å². The third kappa shape index (κ3) is 37.2. The molecule has 0 fully saturated rings. The number of hydrogen-bond acceptors (Lipinski definition) is 12. The van der Waals surface area contributed by atoms with Crippen molar-refractivity contribution in [2.75, 3.05) is 0 Å². The number of aromatic nitrogens is 4. The summed E-state index contributed by atoms with van der Waals surface area (Å²) in [5, 5.41) is 4.65. The van der Waals surface area contributed by atoms with E-state index in [-0.39, 0.29) is 21.4 Å². The minimum Gasteiger partial charge on any atom is -0.206 e. The van der Waals surface area contributed by atoms with Gasteiger partial charge in [-0.05, 0) is 131 Å². The zero-order valence-electron chi connectivity index (χ0n) is 83.7. The van der Waals surface area contributed by atoms with Crippen molar-refractivity contribution in [3.63, 3.8) is 0 Å². The SMILES string of the molecule is CCCCCCCCCCC(CCCCCCCC)Cc1csc(-c2cc(F)c(-c3cc(CC(CCCCCCCC)CCCCCCCCCC)c(-c4cc(F)c(-c5sc(-c6sc(-c7c(F)cc(-c8cc(CC(CCCCCCCC)CCCCCCCCCC)cs8)c8nsnc78)cc6CC(CCCCCCCC)CCCCCCCCCC)cc5F)s4)s3)c3nsnc23)c1. The van der Waals surface area contributed by atoms with E-state index < -0.39 is 11.6 Å². The Hall–Kier alpha value is -4.00. The van der Waals surface area contributed by atoms with Gasteiger partial charge >= 0.3 is 0 Å². The molecule has 0 saturated carbocycles. The monoisotopic (exact) mass is 1960 g/mol. The van der Waals surface area contributed by atoms with Crippen LogP contribution in [0.2, 0.25) is 0 Å². The molecule has 0 saturated heterocycles. The molecule has 0 bridgehead atoms. The van der Waals surface area contributed by atoms with E-state index in [0.717, 1.165) is 160 Å². The van der Waals surface area contributed by atoms with E-state index in [1.165, 1.54) is 406 Å². The van der Waals surface area contributed by atoms with Crippen LogP contribution in [0.15, 0.2) is 59.3 Å². The highest BCUT2D eigenvalue weighted by Crippen LogP contribution is 2.53. The molecule has 132 heavy (non-hydrogen) atoms. The molecular formula is C116H174F4N4S8. The minimum atomic E-state index is -0.453. The maximum atomic E-state index is 18.1. The van der Waals surface area contributed by atoms with E-state index in [1.54, 1.807) is 69.6 Å². The largest absolute Gasteiger partial charge is 0.206 e. The van der Waals surface area contributed by atoms with E-state index in [2.05, 4.69) is 90.4 Å². The fraction of sp³-hybridized carbons (Fsp3) is 0.690. The summed E-state index contributed by atoms with van der Waals surface area (Å²) in [5.41, 5.74) is 10.0. The smallest absolute Gasteiger partial charge is 0.143 e. The Balaban J connectivity index is 0.998. The predicted molar refractivity (Wildman–Crippen MR) is 583 cm³/mol. The Morgan fingerprint density at radius 3 is 0.705 bits per heavy atom. The van der Waals surface area contributed by atoms with E-state index in [9.17, 15) is 0 Å². The summed E-state index contributed by atoms with van der Waals surface area (Å²) < 4.78 is 92.0. The second kappa shape index (κ2) is 65.1. The number of unbranched alkanes of at least 4 members (excludes halogenated alkanes) is 48. The van der Waals surface area contributed by atoms with Crippen LogP contribution in [-0.2, 0) is 25.7 Å². The minimum absolute atomic E-state index is 0.278. The lowest BCUT2D eigenvalue weighted by atomic mass is 9.88. The van der Waals surface area contributed by atoms with Crippen molar-refractivity contribution in [3.8, 4) is 71.0 Å². The third-order valence-corrected chi connectivity index (χ3v) is 37.0. The molecule has 0 N–H and O–H groups in total. The Morgan fingerprint density at radius 1 is 0.220 bits per heavy atom. The molecule has 0 aliphatic heterocycles. The van der Waals surface area contributed by atoms with Crippen LogP contribution in [0.4, 0.5) is 17.6 Å². The van der Waals surface area contributed by atoms with Gasteiger partial charge in [0.25, 0.3) is 0 Å². The summed E-state index contributed by atoms with van der Waals surface area (Å²) in [7, 11) is 0. The second-order valence-corrected chi connectivity index (χ2v) is 47.3. The zero-order valence-corrected chi connectivity index (χ0v) is 90.3. The molecule has 4 atom stereocenters. The van der Waals surface area contributed by atoms with Crippen LogP contribution >= 0.6 is 91.5 Å². The van der Waals surface area contributed by atoms with Gasteiger partial charge in [0.15, 0.2) is 0 Å². The van der Waals surface area contributed by atoms with Gasteiger partial charge in [0.05, 0.1) is 44.3 Å². The molecule has 0 aliphatic rings. The van der Waals surface area contributed by atoms with Crippen molar-refractivity contribution in [1.82, 2.24) is 17.5 Å². The molecule has 10 rings (SSSR count). The summed E-state index contributed by atoms with van der Waals surface area (Å²) >= 11 is 11.5. The van der Waals surface area contributed by atoms with E-state index in [1.807, 2.05) is 0 Å². The van der Waals surface area contributed by atoms with Gasteiger partial charge in [-0.15, -0.1) is 68.0 Å². The molecule has 4 nitrogen and oxygen atoms in total. The van der Waals surface area contributed by atoms with Crippen LogP contribution in [0.5, 0.6) is 0 Å². The lowest BCUT2D eigenvalue weighted by Gasteiger charge is -2.17. The lowest BCUT2D eigenvalue weighted by molar-refractivity contribution is 0.400. The van der Waals surface area contributed by atoms with E-state index in [4.69, 9.17) is 17.5 Å². The van der Waals surface area contributed by atoms with Crippen LogP contribution in [0.25, 0.3) is 93.1 Å². The van der Waals surface area contributed by atoms with Gasteiger partial charge < -0.3 is 0 Å². The number of fused-ring (bicyclic) bond motifs is 2. The van der Waals surface area contributed by atoms with Gasteiger partial charge in [0, 0.05) is 50.1 Å². The number of thiophene rings is 6.